The third kappa shape index (κ3) is 2.13. The minimum Gasteiger partial charge on any atom is -0.497 e. The number of hydrogen-bond acceptors (Lipinski definition) is 3. The summed E-state index contributed by atoms with van der Waals surface area (Å²) in [6, 6.07) is 7.65. The molecule has 2 N–H and O–H groups in total. The molecule has 1 atom stereocenters. The molecular weight excluding hydrogens is 190 g/mol. The molecule has 1 aromatic rings. The minimum atomic E-state index is -0.704. The number of ether oxygens (including phenoxy) is 1. The van der Waals surface area contributed by atoms with Gasteiger partial charge in [0.25, 0.3) is 0 Å². The number of methoxy groups -OCH3 is 1. The van der Waals surface area contributed by atoms with E-state index in [0.717, 1.165) is 30.7 Å². The first-order valence-corrected chi connectivity index (χ1v) is 5.32. The lowest BCUT2D eigenvalue weighted by molar-refractivity contribution is 0.0123. The fourth-order valence-electron chi connectivity index (χ4n) is 2.04. The van der Waals surface area contributed by atoms with Crippen LogP contribution in [0, 0.1) is 0 Å². The maximum absolute atomic E-state index is 10.4. The molecule has 0 amide bonds. The smallest absolute Gasteiger partial charge is 0.118 e. The summed E-state index contributed by atoms with van der Waals surface area (Å²) < 4.78 is 5.09. The standard InChI is InChI=1S/C12H17NO2/c1-15-11-5-3-10(4-6-11)12(14)7-2-8-13-9-12/h3-6,13-14H,2,7-9H2,1H3. The molecule has 3 nitrogen and oxygen atoms in total. The molecule has 0 saturated carbocycles. The Bertz CT molecular complexity index is 315. The van der Waals surface area contributed by atoms with Gasteiger partial charge >= 0.3 is 0 Å². The Balaban J connectivity index is 2.20. The number of benzene rings is 1. The molecule has 1 unspecified atom stereocenters. The van der Waals surface area contributed by atoms with Crippen LogP contribution in [0.5, 0.6) is 5.75 Å². The highest BCUT2D eigenvalue weighted by Gasteiger charge is 2.30. The Kier molecular flexibility index (Phi) is 2.93. The van der Waals surface area contributed by atoms with E-state index in [-0.39, 0.29) is 0 Å². The molecule has 82 valence electrons. The Morgan fingerprint density at radius 1 is 1.33 bits per heavy atom. The molecule has 0 spiro atoms. The normalized spacial score (nSPS) is 26.3. The zero-order valence-electron chi connectivity index (χ0n) is 8.99. The number of aliphatic hydroxyl groups is 1. The monoisotopic (exact) mass is 207 g/mol. The lowest BCUT2D eigenvalue weighted by Gasteiger charge is -2.33. The number of rotatable bonds is 2. The van der Waals surface area contributed by atoms with Crippen molar-refractivity contribution in [1.29, 1.82) is 0 Å². The molecule has 2 rings (SSSR count). The summed E-state index contributed by atoms with van der Waals surface area (Å²) >= 11 is 0. The van der Waals surface area contributed by atoms with Crippen molar-refractivity contribution >= 4 is 0 Å². The van der Waals surface area contributed by atoms with E-state index in [2.05, 4.69) is 5.32 Å². The first-order valence-electron chi connectivity index (χ1n) is 5.32. The summed E-state index contributed by atoms with van der Waals surface area (Å²) in [5.74, 6) is 0.825. The number of β-amino-alcohol motifs (C(OH)–C–C–N with tert-alkyl or cyclic N) is 1. The Labute approximate surface area is 90.1 Å². The van der Waals surface area contributed by atoms with E-state index in [1.165, 1.54) is 0 Å². The molecule has 1 saturated heterocycles. The van der Waals surface area contributed by atoms with Gasteiger partial charge in [0.1, 0.15) is 11.4 Å². The van der Waals surface area contributed by atoms with Gasteiger partial charge in [0.15, 0.2) is 0 Å². The van der Waals surface area contributed by atoms with Crippen LogP contribution in [0.2, 0.25) is 0 Å². The second-order valence-electron chi connectivity index (χ2n) is 4.04. The topological polar surface area (TPSA) is 41.5 Å². The van der Waals surface area contributed by atoms with Gasteiger partial charge in [-0.2, -0.15) is 0 Å². The maximum atomic E-state index is 10.4. The molecule has 0 aromatic heterocycles. The van der Waals surface area contributed by atoms with Crippen LogP contribution >= 0.6 is 0 Å². The van der Waals surface area contributed by atoms with E-state index in [1.54, 1.807) is 7.11 Å². The molecule has 0 aliphatic carbocycles. The largest absolute Gasteiger partial charge is 0.497 e. The van der Waals surface area contributed by atoms with Gasteiger partial charge in [-0.1, -0.05) is 12.1 Å². The third-order valence-electron chi connectivity index (χ3n) is 2.99. The molecule has 1 fully saturated rings. The first kappa shape index (κ1) is 10.5. The Morgan fingerprint density at radius 3 is 2.60 bits per heavy atom. The van der Waals surface area contributed by atoms with Crippen molar-refractivity contribution in [3.05, 3.63) is 29.8 Å². The Hall–Kier alpha value is -1.06. The predicted octanol–water partition coefficient (Wildman–Crippen LogP) is 1.27. The second kappa shape index (κ2) is 4.21. The molecule has 1 aliphatic heterocycles. The van der Waals surface area contributed by atoms with Crippen LogP contribution in [0.4, 0.5) is 0 Å². The van der Waals surface area contributed by atoms with Gasteiger partial charge in [-0.3, -0.25) is 0 Å². The first-order chi connectivity index (χ1) is 7.24. The van der Waals surface area contributed by atoms with Crippen molar-refractivity contribution in [3.8, 4) is 5.75 Å². The van der Waals surface area contributed by atoms with Crippen molar-refractivity contribution in [1.82, 2.24) is 5.32 Å². The fourth-order valence-corrected chi connectivity index (χ4v) is 2.04. The van der Waals surface area contributed by atoms with E-state index < -0.39 is 5.60 Å². The van der Waals surface area contributed by atoms with Crippen molar-refractivity contribution in [2.75, 3.05) is 20.2 Å². The summed E-state index contributed by atoms with van der Waals surface area (Å²) in [4.78, 5) is 0. The van der Waals surface area contributed by atoms with Crippen LogP contribution in [0.15, 0.2) is 24.3 Å². The number of nitrogens with one attached hydrogen (secondary N) is 1. The van der Waals surface area contributed by atoms with E-state index >= 15 is 0 Å². The second-order valence-corrected chi connectivity index (χ2v) is 4.04. The van der Waals surface area contributed by atoms with Gasteiger partial charge in [-0.15, -0.1) is 0 Å². The maximum Gasteiger partial charge on any atom is 0.118 e. The van der Waals surface area contributed by atoms with Gasteiger partial charge in [0, 0.05) is 6.54 Å². The quantitative estimate of drug-likeness (QED) is 0.767. The summed E-state index contributed by atoms with van der Waals surface area (Å²) in [7, 11) is 1.64. The molecule has 3 heteroatoms. The number of piperidine rings is 1. The van der Waals surface area contributed by atoms with Crippen LogP contribution in [0.25, 0.3) is 0 Å². The molecule has 1 aromatic carbocycles. The molecule has 0 radical (unpaired) electrons. The third-order valence-corrected chi connectivity index (χ3v) is 2.99. The van der Waals surface area contributed by atoms with Crippen LogP contribution in [-0.4, -0.2) is 25.3 Å². The van der Waals surface area contributed by atoms with Crippen LogP contribution < -0.4 is 10.1 Å². The molecule has 15 heavy (non-hydrogen) atoms. The summed E-state index contributed by atoms with van der Waals surface area (Å²) in [6.07, 6.45) is 1.84. The highest BCUT2D eigenvalue weighted by atomic mass is 16.5. The van der Waals surface area contributed by atoms with E-state index in [0.29, 0.717) is 6.54 Å². The van der Waals surface area contributed by atoms with Crippen molar-refractivity contribution in [3.63, 3.8) is 0 Å². The predicted molar refractivity (Wildman–Crippen MR) is 59.0 cm³/mol. The van der Waals surface area contributed by atoms with E-state index in [4.69, 9.17) is 4.74 Å². The molecule has 1 heterocycles. The zero-order valence-corrected chi connectivity index (χ0v) is 8.99. The number of hydrogen-bond donors (Lipinski definition) is 2. The average molecular weight is 207 g/mol. The highest BCUT2D eigenvalue weighted by molar-refractivity contribution is 5.31. The van der Waals surface area contributed by atoms with Gasteiger partial charge < -0.3 is 15.2 Å². The van der Waals surface area contributed by atoms with Crippen LogP contribution in [0.1, 0.15) is 18.4 Å². The van der Waals surface area contributed by atoms with Crippen LogP contribution in [0.3, 0.4) is 0 Å². The van der Waals surface area contributed by atoms with E-state index in [1.807, 2.05) is 24.3 Å². The average Bonchev–Trinajstić information content (AvgIpc) is 2.30. The van der Waals surface area contributed by atoms with Gasteiger partial charge in [0.2, 0.25) is 0 Å². The minimum absolute atomic E-state index is 0.638. The van der Waals surface area contributed by atoms with E-state index in [9.17, 15) is 5.11 Å². The van der Waals surface area contributed by atoms with Crippen molar-refractivity contribution < 1.29 is 9.84 Å². The Morgan fingerprint density at radius 2 is 2.07 bits per heavy atom. The van der Waals surface area contributed by atoms with Crippen molar-refractivity contribution in [2.24, 2.45) is 0 Å². The summed E-state index contributed by atoms with van der Waals surface area (Å²) in [6.45, 7) is 1.64. The molecular formula is C12H17NO2. The fraction of sp³-hybridized carbons (Fsp3) is 0.500. The SMILES string of the molecule is COc1ccc(C2(O)CCCNC2)cc1. The lowest BCUT2D eigenvalue weighted by Crippen LogP contribution is -2.43. The van der Waals surface area contributed by atoms with Gasteiger partial charge in [-0.05, 0) is 37.1 Å². The van der Waals surface area contributed by atoms with Gasteiger partial charge in [-0.25, -0.2) is 0 Å². The van der Waals surface area contributed by atoms with Gasteiger partial charge in [0.05, 0.1) is 7.11 Å². The zero-order chi connectivity index (χ0) is 10.7. The lowest BCUT2D eigenvalue weighted by atomic mass is 9.87. The molecule has 0 bridgehead atoms. The summed E-state index contributed by atoms with van der Waals surface area (Å²) in [5.41, 5.74) is 0.264. The van der Waals surface area contributed by atoms with Crippen molar-refractivity contribution in [2.45, 2.75) is 18.4 Å². The molecule has 1 aliphatic rings. The summed E-state index contributed by atoms with van der Waals surface area (Å²) in [5, 5.41) is 13.6. The van der Waals surface area contributed by atoms with Crippen LogP contribution in [-0.2, 0) is 5.60 Å². The highest BCUT2D eigenvalue weighted by Crippen LogP contribution is 2.29.